The second kappa shape index (κ2) is 9.58. The van der Waals surface area contributed by atoms with Gasteiger partial charge in [-0.2, -0.15) is 0 Å². The lowest BCUT2D eigenvalue weighted by Crippen LogP contribution is -2.43. The zero-order valence-electron chi connectivity index (χ0n) is 15.0. The monoisotopic (exact) mass is 330 g/mol. The molecule has 0 aromatic heterocycles. The van der Waals surface area contributed by atoms with E-state index in [4.69, 9.17) is 0 Å². The van der Waals surface area contributed by atoms with Crippen molar-refractivity contribution in [2.75, 3.05) is 19.6 Å². The van der Waals surface area contributed by atoms with Crippen LogP contribution in [0.4, 0.5) is 0 Å². The lowest BCUT2D eigenvalue weighted by molar-refractivity contribution is -0.128. The van der Waals surface area contributed by atoms with Crippen LogP contribution in [0.5, 0.6) is 0 Å². The Hall–Kier alpha value is -1.68. The Bertz CT molecular complexity index is 528. The van der Waals surface area contributed by atoms with Gasteiger partial charge in [0.25, 0.3) is 0 Å². The SMILES string of the molecule is CC(C)CCC(=O)NC1CCCN(CCc2ccccc2)CC1=O. The van der Waals surface area contributed by atoms with Gasteiger partial charge in [-0.15, -0.1) is 0 Å². The summed E-state index contributed by atoms with van der Waals surface area (Å²) < 4.78 is 0. The van der Waals surface area contributed by atoms with Crippen molar-refractivity contribution in [3.63, 3.8) is 0 Å². The first-order valence-electron chi connectivity index (χ1n) is 9.13. The van der Waals surface area contributed by atoms with E-state index in [2.05, 4.69) is 36.2 Å². The van der Waals surface area contributed by atoms with Crippen LogP contribution in [-0.4, -0.2) is 42.3 Å². The molecule has 2 rings (SSSR count). The van der Waals surface area contributed by atoms with Gasteiger partial charge in [0.1, 0.15) is 0 Å². The molecule has 4 heteroatoms. The highest BCUT2D eigenvalue weighted by Crippen LogP contribution is 2.11. The van der Waals surface area contributed by atoms with Gasteiger partial charge in [-0.3, -0.25) is 14.5 Å². The average molecular weight is 330 g/mol. The van der Waals surface area contributed by atoms with Crippen molar-refractivity contribution in [3.05, 3.63) is 35.9 Å². The molecule has 1 aromatic rings. The zero-order chi connectivity index (χ0) is 17.4. The van der Waals surface area contributed by atoms with Gasteiger partial charge in [-0.05, 0) is 43.7 Å². The van der Waals surface area contributed by atoms with Crippen LogP contribution in [0.25, 0.3) is 0 Å². The summed E-state index contributed by atoms with van der Waals surface area (Å²) in [6.45, 7) is 6.48. The van der Waals surface area contributed by atoms with Gasteiger partial charge in [-0.25, -0.2) is 0 Å². The van der Waals surface area contributed by atoms with Crippen molar-refractivity contribution in [2.45, 2.75) is 52.0 Å². The fraction of sp³-hybridized carbons (Fsp3) is 0.600. The maximum absolute atomic E-state index is 12.5. The number of nitrogens with one attached hydrogen (secondary N) is 1. The van der Waals surface area contributed by atoms with Gasteiger partial charge >= 0.3 is 0 Å². The third-order valence-corrected chi connectivity index (χ3v) is 4.58. The smallest absolute Gasteiger partial charge is 0.220 e. The van der Waals surface area contributed by atoms with E-state index in [9.17, 15) is 9.59 Å². The van der Waals surface area contributed by atoms with Gasteiger partial charge in [0, 0.05) is 13.0 Å². The molecule has 1 unspecified atom stereocenters. The van der Waals surface area contributed by atoms with Crippen molar-refractivity contribution < 1.29 is 9.59 Å². The third-order valence-electron chi connectivity index (χ3n) is 4.58. The summed E-state index contributed by atoms with van der Waals surface area (Å²) >= 11 is 0. The molecular weight excluding hydrogens is 300 g/mol. The van der Waals surface area contributed by atoms with Crippen LogP contribution >= 0.6 is 0 Å². The van der Waals surface area contributed by atoms with Crippen LogP contribution in [-0.2, 0) is 16.0 Å². The summed E-state index contributed by atoms with van der Waals surface area (Å²) in [5.74, 6) is 0.673. The Kier molecular flexibility index (Phi) is 7.44. The summed E-state index contributed by atoms with van der Waals surface area (Å²) in [6, 6.07) is 10.1. The number of carbonyl (C=O) groups excluding carboxylic acids is 2. The first-order valence-corrected chi connectivity index (χ1v) is 9.13. The molecule has 0 aliphatic carbocycles. The predicted octanol–water partition coefficient (Wildman–Crippen LogP) is 2.82. The first kappa shape index (κ1) is 18.7. The lowest BCUT2D eigenvalue weighted by Gasteiger charge is -2.19. The van der Waals surface area contributed by atoms with Crippen LogP contribution in [0.1, 0.15) is 45.1 Å². The molecule has 1 aliphatic heterocycles. The number of nitrogens with zero attached hydrogens (tertiary/aromatic N) is 1. The van der Waals surface area contributed by atoms with E-state index in [0.29, 0.717) is 18.9 Å². The second-order valence-electron chi connectivity index (χ2n) is 7.17. The van der Waals surface area contributed by atoms with Crippen molar-refractivity contribution >= 4 is 11.7 Å². The number of rotatable bonds is 7. The van der Waals surface area contributed by atoms with Gasteiger partial charge < -0.3 is 5.32 Å². The van der Waals surface area contributed by atoms with E-state index in [1.807, 2.05) is 18.2 Å². The van der Waals surface area contributed by atoms with E-state index < -0.39 is 0 Å². The Morgan fingerprint density at radius 2 is 2.04 bits per heavy atom. The minimum atomic E-state index is -0.300. The molecule has 132 valence electrons. The molecule has 0 bridgehead atoms. The Balaban J connectivity index is 1.78. The minimum absolute atomic E-state index is 0.0137. The molecule has 0 radical (unpaired) electrons. The van der Waals surface area contributed by atoms with Crippen LogP contribution in [0.2, 0.25) is 0 Å². The summed E-state index contributed by atoms with van der Waals surface area (Å²) in [7, 11) is 0. The Morgan fingerprint density at radius 1 is 1.29 bits per heavy atom. The topological polar surface area (TPSA) is 49.4 Å². The second-order valence-corrected chi connectivity index (χ2v) is 7.17. The third kappa shape index (κ3) is 6.44. The lowest BCUT2D eigenvalue weighted by atomic mass is 10.1. The molecule has 4 nitrogen and oxygen atoms in total. The molecule has 1 fully saturated rings. The first-order chi connectivity index (χ1) is 11.5. The highest BCUT2D eigenvalue weighted by atomic mass is 16.2. The maximum Gasteiger partial charge on any atom is 0.220 e. The van der Waals surface area contributed by atoms with Crippen molar-refractivity contribution in [2.24, 2.45) is 5.92 Å². The molecule has 1 aromatic carbocycles. The number of ketones is 1. The number of hydrogen-bond acceptors (Lipinski definition) is 3. The largest absolute Gasteiger partial charge is 0.346 e. The van der Waals surface area contributed by atoms with Crippen LogP contribution in [0.15, 0.2) is 30.3 Å². The molecule has 0 saturated carbocycles. The molecule has 1 saturated heterocycles. The van der Waals surface area contributed by atoms with Crippen molar-refractivity contribution in [1.82, 2.24) is 10.2 Å². The number of carbonyl (C=O) groups is 2. The average Bonchev–Trinajstić information content (AvgIpc) is 2.74. The Morgan fingerprint density at radius 3 is 2.75 bits per heavy atom. The summed E-state index contributed by atoms with van der Waals surface area (Å²) in [5, 5.41) is 2.94. The summed E-state index contributed by atoms with van der Waals surface area (Å²) in [4.78, 5) is 26.7. The van der Waals surface area contributed by atoms with E-state index in [-0.39, 0.29) is 17.7 Å². The zero-order valence-corrected chi connectivity index (χ0v) is 15.0. The van der Waals surface area contributed by atoms with Gasteiger partial charge in [0.05, 0.1) is 12.6 Å². The van der Waals surface area contributed by atoms with E-state index in [1.54, 1.807) is 0 Å². The fourth-order valence-electron chi connectivity index (χ4n) is 3.05. The highest BCUT2D eigenvalue weighted by Gasteiger charge is 2.25. The molecule has 1 amide bonds. The van der Waals surface area contributed by atoms with Crippen molar-refractivity contribution in [1.29, 1.82) is 0 Å². The van der Waals surface area contributed by atoms with Gasteiger partial charge in [-0.1, -0.05) is 44.2 Å². The molecule has 1 aliphatic rings. The fourth-order valence-corrected chi connectivity index (χ4v) is 3.05. The van der Waals surface area contributed by atoms with Crippen LogP contribution in [0.3, 0.4) is 0 Å². The molecule has 1 heterocycles. The minimum Gasteiger partial charge on any atom is -0.346 e. The molecule has 0 spiro atoms. The van der Waals surface area contributed by atoms with Crippen molar-refractivity contribution in [3.8, 4) is 0 Å². The van der Waals surface area contributed by atoms with Crippen LogP contribution in [0, 0.1) is 5.92 Å². The molecule has 24 heavy (non-hydrogen) atoms. The number of benzene rings is 1. The van der Waals surface area contributed by atoms with E-state index in [0.717, 1.165) is 38.8 Å². The number of amides is 1. The highest BCUT2D eigenvalue weighted by molar-refractivity contribution is 5.90. The van der Waals surface area contributed by atoms with E-state index in [1.165, 1.54) is 5.56 Å². The predicted molar refractivity (Wildman–Crippen MR) is 96.8 cm³/mol. The number of likely N-dealkylation sites (tertiary alicyclic amines) is 1. The van der Waals surface area contributed by atoms with Crippen LogP contribution < -0.4 is 5.32 Å². The van der Waals surface area contributed by atoms with E-state index >= 15 is 0 Å². The Labute approximate surface area is 145 Å². The normalized spacial score (nSPS) is 19.3. The number of Topliss-reactive ketones (excluding diaryl/α,β-unsaturated/α-hetero) is 1. The summed E-state index contributed by atoms with van der Waals surface area (Å²) in [5.41, 5.74) is 1.30. The van der Waals surface area contributed by atoms with Gasteiger partial charge in [0.2, 0.25) is 5.91 Å². The molecule has 1 N–H and O–H groups in total. The number of hydrogen-bond donors (Lipinski definition) is 1. The summed E-state index contributed by atoms with van der Waals surface area (Å²) in [6.07, 6.45) is 4.05. The molecule has 1 atom stereocenters. The quantitative estimate of drug-likeness (QED) is 0.836. The standard InChI is InChI=1S/C20H30N2O2/c1-16(2)10-11-20(24)21-18-9-6-13-22(15-19(18)23)14-12-17-7-4-3-5-8-17/h3-5,7-8,16,18H,6,9-15H2,1-2H3,(H,21,24). The van der Waals surface area contributed by atoms with Gasteiger partial charge in [0.15, 0.2) is 5.78 Å². The molecular formula is C20H30N2O2. The maximum atomic E-state index is 12.5.